The quantitative estimate of drug-likeness (QED) is 0.854. The fourth-order valence-electron chi connectivity index (χ4n) is 1.82. The van der Waals surface area contributed by atoms with Crippen molar-refractivity contribution in [3.8, 4) is 0 Å². The molecular formula is C14H15ClOS. The molecule has 2 aromatic rings. The Morgan fingerprint density at radius 2 is 1.76 bits per heavy atom. The van der Waals surface area contributed by atoms with E-state index in [9.17, 15) is 5.11 Å². The van der Waals surface area contributed by atoms with Crippen LogP contribution in [0.3, 0.4) is 0 Å². The third-order valence-electron chi connectivity index (χ3n) is 3.06. The van der Waals surface area contributed by atoms with Crippen molar-refractivity contribution < 1.29 is 5.11 Å². The second-order valence-electron chi connectivity index (χ2n) is 4.33. The zero-order valence-corrected chi connectivity index (χ0v) is 11.7. The van der Waals surface area contributed by atoms with Gasteiger partial charge < -0.3 is 5.11 Å². The third-order valence-corrected chi connectivity index (χ3v) is 4.46. The highest BCUT2D eigenvalue weighted by molar-refractivity contribution is 7.10. The molecule has 1 nitrogen and oxygen atoms in total. The van der Waals surface area contributed by atoms with Crippen LogP contribution >= 0.6 is 22.9 Å². The maximum atomic E-state index is 10.4. The van der Waals surface area contributed by atoms with Gasteiger partial charge in [-0.25, -0.2) is 0 Å². The van der Waals surface area contributed by atoms with E-state index in [4.69, 9.17) is 11.6 Å². The molecule has 1 atom stereocenters. The van der Waals surface area contributed by atoms with Gasteiger partial charge in [-0.05, 0) is 55.0 Å². The van der Waals surface area contributed by atoms with E-state index >= 15 is 0 Å². The second-order valence-corrected chi connectivity index (χ2v) is 5.68. The summed E-state index contributed by atoms with van der Waals surface area (Å²) in [6.07, 6.45) is -0.623. The zero-order valence-electron chi connectivity index (χ0n) is 10.1. The fraction of sp³-hybridized carbons (Fsp3) is 0.286. The van der Waals surface area contributed by atoms with Crippen molar-refractivity contribution in [3.63, 3.8) is 0 Å². The first-order valence-electron chi connectivity index (χ1n) is 5.49. The van der Waals surface area contributed by atoms with Crippen molar-refractivity contribution in [2.45, 2.75) is 26.9 Å². The summed E-state index contributed by atoms with van der Waals surface area (Å²) in [4.78, 5) is 0.968. The van der Waals surface area contributed by atoms with E-state index in [1.165, 1.54) is 0 Å². The first kappa shape index (κ1) is 12.6. The maximum absolute atomic E-state index is 10.4. The Labute approximate surface area is 111 Å². The lowest BCUT2D eigenvalue weighted by molar-refractivity contribution is 0.223. The Morgan fingerprint density at radius 1 is 1.12 bits per heavy atom. The van der Waals surface area contributed by atoms with Crippen LogP contribution < -0.4 is 0 Å². The van der Waals surface area contributed by atoms with Gasteiger partial charge in [-0.1, -0.05) is 17.7 Å². The Hall–Kier alpha value is -0.830. The summed E-state index contributed by atoms with van der Waals surface area (Å²) in [7, 11) is 0. The van der Waals surface area contributed by atoms with Gasteiger partial charge in [-0.15, -0.1) is 11.3 Å². The Morgan fingerprint density at radius 3 is 2.35 bits per heavy atom. The SMILES string of the molecule is Cc1cc(Cl)c(C(O)c2sccc2C)cc1C. The molecule has 0 aliphatic carbocycles. The van der Waals surface area contributed by atoms with Crippen LogP contribution in [0.2, 0.25) is 5.02 Å². The average molecular weight is 267 g/mol. The molecule has 1 heterocycles. The molecular weight excluding hydrogens is 252 g/mol. The van der Waals surface area contributed by atoms with Crippen LogP contribution in [-0.2, 0) is 0 Å². The molecule has 0 aliphatic heterocycles. The molecule has 0 spiro atoms. The van der Waals surface area contributed by atoms with E-state index in [1.54, 1.807) is 11.3 Å². The number of hydrogen-bond acceptors (Lipinski definition) is 2. The van der Waals surface area contributed by atoms with Crippen LogP contribution in [0, 0.1) is 20.8 Å². The molecule has 1 aromatic carbocycles. The summed E-state index contributed by atoms with van der Waals surface area (Å²) in [5.74, 6) is 0. The highest BCUT2D eigenvalue weighted by atomic mass is 35.5. The van der Waals surface area contributed by atoms with E-state index in [0.717, 1.165) is 27.1 Å². The zero-order chi connectivity index (χ0) is 12.6. The van der Waals surface area contributed by atoms with E-state index in [2.05, 4.69) is 0 Å². The van der Waals surface area contributed by atoms with Gasteiger partial charge in [0, 0.05) is 15.5 Å². The predicted molar refractivity (Wildman–Crippen MR) is 74.0 cm³/mol. The Balaban J connectivity index is 2.48. The minimum atomic E-state index is -0.623. The number of hydrogen-bond donors (Lipinski definition) is 1. The molecule has 0 radical (unpaired) electrons. The fourth-order valence-corrected chi connectivity index (χ4v) is 3.07. The lowest BCUT2D eigenvalue weighted by Crippen LogP contribution is -2.01. The smallest absolute Gasteiger partial charge is 0.115 e. The topological polar surface area (TPSA) is 20.2 Å². The van der Waals surface area contributed by atoms with Crippen molar-refractivity contribution in [1.82, 2.24) is 0 Å². The number of rotatable bonds is 2. The first-order chi connectivity index (χ1) is 8.00. The highest BCUT2D eigenvalue weighted by Crippen LogP contribution is 2.34. The number of thiophene rings is 1. The van der Waals surface area contributed by atoms with Crippen LogP contribution in [0.1, 0.15) is 33.2 Å². The molecule has 0 aliphatic rings. The van der Waals surface area contributed by atoms with E-state index in [0.29, 0.717) is 5.02 Å². The van der Waals surface area contributed by atoms with Gasteiger partial charge in [0.1, 0.15) is 6.10 Å². The number of halogens is 1. The molecule has 0 bridgehead atoms. The van der Waals surface area contributed by atoms with Crippen molar-refractivity contribution >= 4 is 22.9 Å². The second kappa shape index (κ2) is 4.81. The average Bonchev–Trinajstić information content (AvgIpc) is 2.69. The summed E-state index contributed by atoms with van der Waals surface area (Å²) in [6.45, 7) is 6.06. The van der Waals surface area contributed by atoms with Crippen LogP contribution in [0.15, 0.2) is 23.6 Å². The number of aryl methyl sites for hydroxylation is 3. The number of aliphatic hydroxyl groups is 1. The van der Waals surface area contributed by atoms with Gasteiger partial charge in [0.25, 0.3) is 0 Å². The Kier molecular flexibility index (Phi) is 3.57. The van der Waals surface area contributed by atoms with Crippen molar-refractivity contribution in [2.75, 3.05) is 0 Å². The van der Waals surface area contributed by atoms with Gasteiger partial charge in [-0.2, -0.15) is 0 Å². The molecule has 2 rings (SSSR count). The minimum absolute atomic E-state index is 0.623. The normalized spacial score (nSPS) is 12.8. The van der Waals surface area contributed by atoms with Gasteiger partial charge in [0.2, 0.25) is 0 Å². The van der Waals surface area contributed by atoms with Gasteiger partial charge >= 0.3 is 0 Å². The van der Waals surface area contributed by atoms with Crippen LogP contribution in [0.4, 0.5) is 0 Å². The standard InChI is InChI=1S/C14H15ClOS/c1-8-4-5-17-14(8)13(16)11-6-9(2)10(3)7-12(11)15/h4-7,13,16H,1-3H3. The van der Waals surface area contributed by atoms with Crippen LogP contribution in [0.5, 0.6) is 0 Å². The molecule has 3 heteroatoms. The van der Waals surface area contributed by atoms with Crippen molar-refractivity contribution in [3.05, 3.63) is 55.7 Å². The summed E-state index contributed by atoms with van der Waals surface area (Å²) in [5, 5.41) is 13.0. The van der Waals surface area contributed by atoms with Crippen molar-refractivity contribution in [1.29, 1.82) is 0 Å². The molecule has 1 N–H and O–H groups in total. The molecule has 17 heavy (non-hydrogen) atoms. The summed E-state index contributed by atoms with van der Waals surface area (Å²) in [5.41, 5.74) is 4.20. The molecule has 1 aromatic heterocycles. The molecule has 0 fully saturated rings. The van der Waals surface area contributed by atoms with Gasteiger partial charge in [-0.3, -0.25) is 0 Å². The van der Waals surface area contributed by atoms with E-state index in [1.807, 2.05) is 44.4 Å². The largest absolute Gasteiger partial charge is 0.383 e. The Bertz CT molecular complexity index is 545. The van der Waals surface area contributed by atoms with Crippen molar-refractivity contribution in [2.24, 2.45) is 0 Å². The van der Waals surface area contributed by atoms with Crippen LogP contribution in [0.25, 0.3) is 0 Å². The van der Waals surface area contributed by atoms with Gasteiger partial charge in [0.05, 0.1) is 0 Å². The maximum Gasteiger partial charge on any atom is 0.115 e. The van der Waals surface area contributed by atoms with Crippen LogP contribution in [-0.4, -0.2) is 5.11 Å². The first-order valence-corrected chi connectivity index (χ1v) is 6.75. The minimum Gasteiger partial charge on any atom is -0.383 e. The summed E-state index contributed by atoms with van der Waals surface area (Å²) in [6, 6.07) is 5.90. The van der Waals surface area contributed by atoms with Gasteiger partial charge in [0.15, 0.2) is 0 Å². The molecule has 0 saturated heterocycles. The summed E-state index contributed by atoms with van der Waals surface area (Å²) < 4.78 is 0. The lowest BCUT2D eigenvalue weighted by atomic mass is 10.0. The van der Waals surface area contributed by atoms with E-state index < -0.39 is 6.10 Å². The molecule has 90 valence electrons. The van der Waals surface area contributed by atoms with E-state index in [-0.39, 0.29) is 0 Å². The predicted octanol–water partition coefficient (Wildman–Crippen LogP) is 4.41. The molecule has 0 amide bonds. The summed E-state index contributed by atoms with van der Waals surface area (Å²) >= 11 is 7.77. The molecule has 1 unspecified atom stereocenters. The number of benzene rings is 1. The third kappa shape index (κ3) is 2.39. The lowest BCUT2D eigenvalue weighted by Gasteiger charge is -2.14. The monoisotopic (exact) mass is 266 g/mol. The molecule has 0 saturated carbocycles. The number of aliphatic hydroxyl groups excluding tert-OH is 1. The highest BCUT2D eigenvalue weighted by Gasteiger charge is 2.17.